The molecule has 2 aromatic heterocycles. The number of carbonyl (C=O) groups is 1. The van der Waals surface area contributed by atoms with Crippen LogP contribution in [0.5, 0.6) is 5.75 Å². The van der Waals surface area contributed by atoms with Gasteiger partial charge in [-0.05, 0) is 42.7 Å². The summed E-state index contributed by atoms with van der Waals surface area (Å²) in [6, 6.07) is 8.72. The van der Waals surface area contributed by atoms with Crippen molar-refractivity contribution in [3.63, 3.8) is 0 Å². The SMILES string of the molecule is CNC(=O)c1cc(CCC2C=NC(Nc3cnn(Cc4ccccn4)c3)N=C2)c(F)c(OC)c1. The number of aryl methyl sites for hydroxylation is 1. The van der Waals surface area contributed by atoms with E-state index in [1.165, 1.54) is 20.2 Å². The maximum absolute atomic E-state index is 14.7. The molecule has 0 atom stereocenters. The zero-order valence-corrected chi connectivity index (χ0v) is 19.0. The fourth-order valence-corrected chi connectivity index (χ4v) is 3.60. The summed E-state index contributed by atoms with van der Waals surface area (Å²) >= 11 is 0. The van der Waals surface area contributed by atoms with Gasteiger partial charge in [0.05, 0.1) is 31.2 Å². The van der Waals surface area contributed by atoms with Crippen molar-refractivity contribution in [3.8, 4) is 5.75 Å². The van der Waals surface area contributed by atoms with E-state index >= 15 is 0 Å². The standard InChI is InChI=1S/C24H26FN7O2/c1-26-23(33)18-9-17(22(25)21(10-18)34-2)7-6-16-11-28-24(29-12-16)31-20-13-30-32(15-20)14-19-5-3-4-8-27-19/h3-5,8-13,15-16,24,31H,6-7,14H2,1-2H3,(H,26,33). The van der Waals surface area contributed by atoms with Crippen molar-refractivity contribution in [2.24, 2.45) is 15.9 Å². The van der Waals surface area contributed by atoms with E-state index in [4.69, 9.17) is 4.74 Å². The van der Waals surface area contributed by atoms with Crippen molar-refractivity contribution in [1.82, 2.24) is 20.1 Å². The van der Waals surface area contributed by atoms with Gasteiger partial charge in [-0.1, -0.05) is 6.07 Å². The lowest BCUT2D eigenvalue weighted by atomic mass is 9.98. The normalized spacial score (nSPS) is 16.9. The number of rotatable bonds is 9. The molecule has 0 radical (unpaired) electrons. The maximum atomic E-state index is 14.7. The Morgan fingerprint density at radius 1 is 1.24 bits per heavy atom. The van der Waals surface area contributed by atoms with Crippen LogP contribution in [-0.4, -0.2) is 53.5 Å². The maximum Gasteiger partial charge on any atom is 0.251 e. The van der Waals surface area contributed by atoms with Gasteiger partial charge in [-0.3, -0.25) is 24.4 Å². The Kier molecular flexibility index (Phi) is 7.26. The van der Waals surface area contributed by atoms with Gasteiger partial charge in [0.25, 0.3) is 5.91 Å². The van der Waals surface area contributed by atoms with Gasteiger partial charge in [-0.2, -0.15) is 5.10 Å². The molecular formula is C24H26FN7O2. The van der Waals surface area contributed by atoms with Crippen LogP contribution >= 0.6 is 0 Å². The number of carbonyl (C=O) groups excluding carboxylic acids is 1. The minimum atomic E-state index is -0.456. The molecule has 2 N–H and O–H groups in total. The lowest BCUT2D eigenvalue weighted by molar-refractivity contribution is 0.0962. The number of nitrogens with one attached hydrogen (secondary N) is 2. The first kappa shape index (κ1) is 23.1. The summed E-state index contributed by atoms with van der Waals surface area (Å²) in [5.41, 5.74) is 2.49. The van der Waals surface area contributed by atoms with Crippen LogP contribution in [0.15, 0.2) is 58.9 Å². The third-order valence-electron chi connectivity index (χ3n) is 5.39. The lowest BCUT2D eigenvalue weighted by Crippen LogP contribution is -2.22. The largest absolute Gasteiger partial charge is 0.494 e. The van der Waals surface area contributed by atoms with E-state index < -0.39 is 12.1 Å². The average molecular weight is 464 g/mol. The number of pyridine rings is 1. The van der Waals surface area contributed by atoms with Crippen LogP contribution in [0.3, 0.4) is 0 Å². The van der Waals surface area contributed by atoms with Crippen LogP contribution in [0.1, 0.15) is 28.0 Å². The van der Waals surface area contributed by atoms with E-state index in [2.05, 4.69) is 30.7 Å². The van der Waals surface area contributed by atoms with Crippen LogP contribution < -0.4 is 15.4 Å². The third-order valence-corrected chi connectivity index (χ3v) is 5.39. The molecule has 34 heavy (non-hydrogen) atoms. The number of benzene rings is 1. The Morgan fingerprint density at radius 2 is 2.06 bits per heavy atom. The highest BCUT2D eigenvalue weighted by atomic mass is 19.1. The Hall–Kier alpha value is -4.08. The molecule has 10 heteroatoms. The number of methoxy groups -OCH3 is 1. The van der Waals surface area contributed by atoms with Crippen LogP contribution in [0, 0.1) is 11.7 Å². The predicted molar refractivity (Wildman–Crippen MR) is 128 cm³/mol. The molecular weight excluding hydrogens is 437 g/mol. The summed E-state index contributed by atoms with van der Waals surface area (Å²) in [4.78, 5) is 25.2. The Labute approximate surface area is 196 Å². The smallest absolute Gasteiger partial charge is 0.251 e. The first-order chi connectivity index (χ1) is 16.6. The minimum absolute atomic E-state index is 0.0426. The number of aliphatic imine (C=N–C) groups is 2. The highest BCUT2D eigenvalue weighted by Crippen LogP contribution is 2.25. The molecule has 1 aromatic carbocycles. The van der Waals surface area contributed by atoms with Crippen LogP contribution in [0.2, 0.25) is 0 Å². The second-order valence-electron chi connectivity index (χ2n) is 7.80. The van der Waals surface area contributed by atoms with E-state index in [0.29, 0.717) is 30.5 Å². The fraction of sp³-hybridized carbons (Fsp3) is 0.292. The fourth-order valence-electron chi connectivity index (χ4n) is 3.60. The second-order valence-corrected chi connectivity index (χ2v) is 7.80. The Bertz CT molecular complexity index is 1180. The molecule has 0 bridgehead atoms. The molecule has 1 aliphatic rings. The molecule has 0 unspecified atom stereocenters. The van der Waals surface area contributed by atoms with Crippen molar-refractivity contribution in [2.75, 3.05) is 19.5 Å². The predicted octanol–water partition coefficient (Wildman–Crippen LogP) is 2.93. The summed E-state index contributed by atoms with van der Waals surface area (Å²) in [7, 11) is 2.91. The minimum Gasteiger partial charge on any atom is -0.494 e. The molecule has 0 aliphatic carbocycles. The quantitative estimate of drug-likeness (QED) is 0.508. The molecule has 4 rings (SSSR count). The second kappa shape index (κ2) is 10.7. The summed E-state index contributed by atoms with van der Waals surface area (Å²) in [6.45, 7) is 0.574. The molecule has 3 aromatic rings. The molecule has 0 saturated heterocycles. The number of halogens is 1. The van der Waals surface area contributed by atoms with E-state index in [0.717, 1.165) is 11.4 Å². The number of hydrogen-bond acceptors (Lipinski definition) is 7. The van der Waals surface area contributed by atoms with Crippen LogP contribution in [-0.2, 0) is 13.0 Å². The number of nitrogens with zero attached hydrogens (tertiary/aromatic N) is 5. The van der Waals surface area contributed by atoms with Crippen LogP contribution in [0.25, 0.3) is 0 Å². The van der Waals surface area contributed by atoms with Gasteiger partial charge in [-0.25, -0.2) is 4.39 Å². The van der Waals surface area contributed by atoms with Gasteiger partial charge >= 0.3 is 0 Å². The lowest BCUT2D eigenvalue weighted by Gasteiger charge is -2.17. The molecule has 0 saturated carbocycles. The topological polar surface area (TPSA) is 106 Å². The summed E-state index contributed by atoms with van der Waals surface area (Å²) in [6.07, 6.45) is 9.52. The van der Waals surface area contributed by atoms with Crippen molar-refractivity contribution in [1.29, 1.82) is 0 Å². The number of anilines is 1. The number of aromatic nitrogens is 3. The average Bonchev–Trinajstić information content (AvgIpc) is 3.30. The summed E-state index contributed by atoms with van der Waals surface area (Å²) < 4.78 is 21.6. The van der Waals surface area contributed by atoms with E-state index in [1.807, 2.05) is 24.4 Å². The van der Waals surface area contributed by atoms with Crippen molar-refractivity contribution < 1.29 is 13.9 Å². The van der Waals surface area contributed by atoms with Crippen LogP contribution in [0.4, 0.5) is 10.1 Å². The highest BCUT2D eigenvalue weighted by molar-refractivity contribution is 5.94. The number of ether oxygens (including phenoxy) is 1. The third kappa shape index (κ3) is 5.64. The molecule has 1 aliphatic heterocycles. The monoisotopic (exact) mass is 463 g/mol. The van der Waals surface area contributed by atoms with Crippen molar-refractivity contribution in [2.45, 2.75) is 25.7 Å². The molecule has 0 fully saturated rings. The first-order valence-electron chi connectivity index (χ1n) is 10.9. The highest BCUT2D eigenvalue weighted by Gasteiger charge is 2.18. The molecule has 9 nitrogen and oxygen atoms in total. The number of hydrogen-bond donors (Lipinski definition) is 2. The van der Waals surface area contributed by atoms with Gasteiger partial charge in [0.2, 0.25) is 6.29 Å². The van der Waals surface area contributed by atoms with Gasteiger partial charge in [0.15, 0.2) is 11.6 Å². The molecule has 1 amide bonds. The molecule has 176 valence electrons. The zero-order valence-electron chi connectivity index (χ0n) is 19.0. The summed E-state index contributed by atoms with van der Waals surface area (Å²) in [5, 5.41) is 10.1. The Balaban J connectivity index is 1.32. The Morgan fingerprint density at radius 3 is 2.76 bits per heavy atom. The van der Waals surface area contributed by atoms with Crippen molar-refractivity contribution in [3.05, 3.63) is 71.6 Å². The summed E-state index contributed by atoms with van der Waals surface area (Å²) in [5.74, 6) is -0.742. The van der Waals surface area contributed by atoms with Gasteiger partial charge in [0, 0.05) is 43.4 Å². The van der Waals surface area contributed by atoms with E-state index in [9.17, 15) is 9.18 Å². The van der Waals surface area contributed by atoms with Gasteiger partial charge in [-0.15, -0.1) is 0 Å². The van der Waals surface area contributed by atoms with Gasteiger partial charge in [0.1, 0.15) is 0 Å². The van der Waals surface area contributed by atoms with Crippen molar-refractivity contribution >= 4 is 24.0 Å². The number of amides is 1. The van der Waals surface area contributed by atoms with E-state index in [-0.39, 0.29) is 17.6 Å². The molecule has 3 heterocycles. The zero-order chi connectivity index (χ0) is 23.9. The van der Waals surface area contributed by atoms with Gasteiger partial charge < -0.3 is 15.4 Å². The molecule has 0 spiro atoms. The van der Waals surface area contributed by atoms with E-state index in [1.54, 1.807) is 35.6 Å². The first-order valence-corrected chi connectivity index (χ1v) is 10.9.